The summed E-state index contributed by atoms with van der Waals surface area (Å²) < 4.78 is 0. The molecule has 0 amide bonds. The van der Waals surface area contributed by atoms with Crippen molar-refractivity contribution in [1.82, 2.24) is 9.97 Å². The molecule has 0 spiro atoms. The Labute approximate surface area is 158 Å². The quantitative estimate of drug-likeness (QED) is 0.621. The van der Waals surface area contributed by atoms with Crippen molar-refractivity contribution in [2.24, 2.45) is 0 Å². The van der Waals surface area contributed by atoms with Gasteiger partial charge in [0.05, 0.1) is 0 Å². The fourth-order valence-corrected chi connectivity index (χ4v) is 3.13. The van der Waals surface area contributed by atoms with E-state index >= 15 is 0 Å². The second-order valence-corrected chi connectivity index (χ2v) is 6.72. The number of aromatic nitrogens is 2. The highest BCUT2D eigenvalue weighted by atomic mass is 32.2. The van der Waals surface area contributed by atoms with Gasteiger partial charge in [-0.2, -0.15) is 16.7 Å². The Bertz CT molecular complexity index is 851. The van der Waals surface area contributed by atoms with Crippen LogP contribution in [0.25, 0.3) is 0 Å². The number of thioether (sulfide) groups is 1. The zero-order valence-corrected chi connectivity index (χ0v) is 16.0. The molecule has 0 fully saturated rings. The van der Waals surface area contributed by atoms with Crippen LogP contribution in [0.4, 0.5) is 28.8 Å². The second kappa shape index (κ2) is 8.58. The van der Waals surface area contributed by atoms with E-state index in [9.17, 15) is 0 Å². The lowest BCUT2D eigenvalue weighted by Crippen LogP contribution is -2.12. The van der Waals surface area contributed by atoms with Gasteiger partial charge in [0.25, 0.3) is 0 Å². The molecule has 1 heterocycles. The second-order valence-electron chi connectivity index (χ2n) is 5.85. The van der Waals surface area contributed by atoms with Crippen molar-refractivity contribution in [2.75, 3.05) is 35.9 Å². The minimum atomic E-state index is 0.586. The van der Waals surface area contributed by atoms with Crippen LogP contribution in [0, 0.1) is 0 Å². The van der Waals surface area contributed by atoms with E-state index in [1.165, 1.54) is 5.56 Å². The van der Waals surface area contributed by atoms with Gasteiger partial charge in [-0.3, -0.25) is 0 Å². The molecule has 0 radical (unpaired) electrons. The number of benzene rings is 2. The largest absolute Gasteiger partial charge is 0.388 e. The van der Waals surface area contributed by atoms with Crippen molar-refractivity contribution >= 4 is 40.6 Å². The minimum absolute atomic E-state index is 0.586. The molecule has 0 bridgehead atoms. The summed E-state index contributed by atoms with van der Waals surface area (Å²) in [6, 6.07) is 18.5. The molecule has 5 nitrogen and oxygen atoms in total. The lowest BCUT2D eigenvalue weighted by Gasteiger charge is -2.19. The molecule has 26 heavy (non-hydrogen) atoms. The molecule has 6 heteroatoms. The van der Waals surface area contributed by atoms with E-state index in [0.717, 1.165) is 28.6 Å². The Hall–Kier alpha value is -2.73. The van der Waals surface area contributed by atoms with Crippen molar-refractivity contribution in [2.45, 2.75) is 5.75 Å². The molecule has 3 rings (SSSR count). The van der Waals surface area contributed by atoms with Gasteiger partial charge in [-0.1, -0.05) is 12.1 Å². The molecule has 0 saturated carbocycles. The van der Waals surface area contributed by atoms with Crippen LogP contribution in [0.15, 0.2) is 60.8 Å². The Morgan fingerprint density at radius 1 is 1.04 bits per heavy atom. The third-order valence-electron chi connectivity index (χ3n) is 4.02. The Morgan fingerprint density at radius 3 is 2.58 bits per heavy atom. The van der Waals surface area contributed by atoms with Gasteiger partial charge in [0.2, 0.25) is 5.95 Å². The SMILES string of the molecule is CNc1ccc(N(C)c2ccnc(Nc3cccc(CSC)c3)n2)cc1. The Balaban J connectivity index is 1.78. The van der Waals surface area contributed by atoms with Crippen molar-refractivity contribution in [3.8, 4) is 0 Å². The smallest absolute Gasteiger partial charge is 0.229 e. The summed E-state index contributed by atoms with van der Waals surface area (Å²) >= 11 is 1.81. The van der Waals surface area contributed by atoms with E-state index in [-0.39, 0.29) is 0 Å². The molecular formula is C20H23N5S. The molecule has 134 valence electrons. The Kier molecular flexibility index (Phi) is 5.96. The highest BCUT2D eigenvalue weighted by Crippen LogP contribution is 2.24. The summed E-state index contributed by atoms with van der Waals surface area (Å²) in [5, 5.41) is 6.43. The summed E-state index contributed by atoms with van der Waals surface area (Å²) in [5.41, 5.74) is 4.42. The van der Waals surface area contributed by atoms with E-state index in [1.54, 1.807) is 18.0 Å². The first-order valence-electron chi connectivity index (χ1n) is 8.39. The highest BCUT2D eigenvalue weighted by molar-refractivity contribution is 7.97. The van der Waals surface area contributed by atoms with Crippen LogP contribution in [-0.4, -0.2) is 30.3 Å². The highest BCUT2D eigenvalue weighted by Gasteiger charge is 2.07. The molecule has 0 unspecified atom stereocenters. The van der Waals surface area contributed by atoms with Crippen molar-refractivity contribution in [3.63, 3.8) is 0 Å². The lowest BCUT2D eigenvalue weighted by atomic mass is 10.2. The normalized spacial score (nSPS) is 10.4. The summed E-state index contributed by atoms with van der Waals surface area (Å²) in [6.45, 7) is 0. The number of nitrogens with one attached hydrogen (secondary N) is 2. The van der Waals surface area contributed by atoms with Gasteiger partial charge >= 0.3 is 0 Å². The fourth-order valence-electron chi connectivity index (χ4n) is 2.61. The maximum atomic E-state index is 4.65. The number of anilines is 5. The van der Waals surface area contributed by atoms with Crippen LogP contribution < -0.4 is 15.5 Å². The first-order chi connectivity index (χ1) is 12.7. The summed E-state index contributed by atoms with van der Waals surface area (Å²) in [6.07, 6.45) is 3.88. The van der Waals surface area contributed by atoms with E-state index in [0.29, 0.717) is 5.95 Å². The maximum Gasteiger partial charge on any atom is 0.229 e. The first-order valence-corrected chi connectivity index (χ1v) is 9.78. The summed E-state index contributed by atoms with van der Waals surface area (Å²) in [4.78, 5) is 11.0. The van der Waals surface area contributed by atoms with Crippen LogP contribution in [0.1, 0.15) is 5.56 Å². The van der Waals surface area contributed by atoms with Crippen molar-refractivity contribution in [3.05, 3.63) is 66.4 Å². The van der Waals surface area contributed by atoms with Crippen LogP contribution in [0.2, 0.25) is 0 Å². The molecule has 3 aromatic rings. The van der Waals surface area contributed by atoms with E-state index in [1.807, 2.05) is 49.3 Å². The number of nitrogens with zero attached hydrogens (tertiary/aromatic N) is 3. The summed E-state index contributed by atoms with van der Waals surface area (Å²) in [7, 11) is 3.91. The van der Waals surface area contributed by atoms with E-state index in [2.05, 4.69) is 51.1 Å². The van der Waals surface area contributed by atoms with Gasteiger partial charge in [-0.05, 0) is 54.3 Å². The number of hydrogen-bond donors (Lipinski definition) is 2. The average molecular weight is 366 g/mol. The number of hydrogen-bond acceptors (Lipinski definition) is 6. The molecule has 1 aromatic heterocycles. The third kappa shape index (κ3) is 4.46. The molecule has 2 aromatic carbocycles. The van der Waals surface area contributed by atoms with Crippen molar-refractivity contribution < 1.29 is 0 Å². The molecule has 0 aliphatic rings. The predicted molar refractivity (Wildman–Crippen MR) is 113 cm³/mol. The van der Waals surface area contributed by atoms with Gasteiger partial charge in [0.1, 0.15) is 5.82 Å². The molecular weight excluding hydrogens is 342 g/mol. The van der Waals surface area contributed by atoms with Gasteiger partial charge in [-0.25, -0.2) is 4.98 Å². The van der Waals surface area contributed by atoms with E-state index in [4.69, 9.17) is 0 Å². The van der Waals surface area contributed by atoms with Gasteiger partial charge in [0.15, 0.2) is 0 Å². The fraction of sp³-hybridized carbons (Fsp3) is 0.200. The number of rotatable bonds is 7. The maximum absolute atomic E-state index is 4.65. The first kappa shape index (κ1) is 18.1. The molecule has 0 aliphatic carbocycles. The van der Waals surface area contributed by atoms with Crippen LogP contribution in [0.5, 0.6) is 0 Å². The molecule has 0 aliphatic heterocycles. The summed E-state index contributed by atoms with van der Waals surface area (Å²) in [5.74, 6) is 2.41. The average Bonchev–Trinajstić information content (AvgIpc) is 2.68. The van der Waals surface area contributed by atoms with Gasteiger partial charge in [-0.15, -0.1) is 0 Å². The topological polar surface area (TPSA) is 53.1 Å². The van der Waals surface area contributed by atoms with E-state index < -0.39 is 0 Å². The molecule has 0 atom stereocenters. The Morgan fingerprint density at radius 2 is 1.85 bits per heavy atom. The molecule has 0 saturated heterocycles. The third-order valence-corrected chi connectivity index (χ3v) is 4.64. The predicted octanol–water partition coefficient (Wildman–Crippen LogP) is 4.89. The van der Waals surface area contributed by atoms with Gasteiger partial charge < -0.3 is 15.5 Å². The minimum Gasteiger partial charge on any atom is -0.388 e. The van der Waals surface area contributed by atoms with Gasteiger partial charge in [0, 0.05) is 43.1 Å². The monoisotopic (exact) mass is 365 g/mol. The lowest BCUT2D eigenvalue weighted by molar-refractivity contribution is 1.08. The zero-order chi connectivity index (χ0) is 18.4. The standard InChI is InChI=1S/C20H23N5S/c1-21-16-7-9-18(10-8-16)25(2)19-11-12-22-20(24-19)23-17-6-4-5-15(13-17)14-26-3/h4-13,21H,14H2,1-3H3,(H,22,23,24). The zero-order valence-electron chi connectivity index (χ0n) is 15.2. The van der Waals surface area contributed by atoms with Crippen LogP contribution >= 0.6 is 11.8 Å². The molecule has 2 N–H and O–H groups in total. The van der Waals surface area contributed by atoms with Crippen molar-refractivity contribution in [1.29, 1.82) is 0 Å². The van der Waals surface area contributed by atoms with Crippen LogP contribution in [-0.2, 0) is 5.75 Å². The van der Waals surface area contributed by atoms with Crippen LogP contribution in [0.3, 0.4) is 0 Å².